The van der Waals surface area contributed by atoms with E-state index in [9.17, 15) is 35.7 Å². The van der Waals surface area contributed by atoms with Crippen LogP contribution in [0, 0.1) is 5.92 Å². The highest BCUT2D eigenvalue weighted by molar-refractivity contribution is 4.95. The molecule has 10 unspecified atom stereocenters. The van der Waals surface area contributed by atoms with E-state index in [0.717, 1.165) is 0 Å². The van der Waals surface area contributed by atoms with Gasteiger partial charge in [-0.3, -0.25) is 0 Å². The zero-order valence-electron chi connectivity index (χ0n) is 12.3. The van der Waals surface area contributed by atoms with Crippen molar-refractivity contribution in [3.63, 3.8) is 0 Å². The molecular formula is C13H24O10. The molecule has 1 saturated heterocycles. The van der Waals surface area contributed by atoms with E-state index in [0.29, 0.717) is 0 Å². The van der Waals surface area contributed by atoms with E-state index in [4.69, 9.17) is 14.6 Å². The Morgan fingerprint density at radius 2 is 1.43 bits per heavy atom. The van der Waals surface area contributed by atoms with Crippen molar-refractivity contribution in [1.29, 1.82) is 0 Å². The minimum atomic E-state index is -1.66. The summed E-state index contributed by atoms with van der Waals surface area (Å²) < 4.78 is 10.6. The van der Waals surface area contributed by atoms with Gasteiger partial charge in [0.15, 0.2) is 6.29 Å². The maximum Gasteiger partial charge on any atom is 0.187 e. The summed E-state index contributed by atoms with van der Waals surface area (Å²) >= 11 is 0. The van der Waals surface area contributed by atoms with Crippen molar-refractivity contribution >= 4 is 0 Å². The van der Waals surface area contributed by atoms with Crippen LogP contribution in [-0.4, -0.2) is 109 Å². The summed E-state index contributed by atoms with van der Waals surface area (Å²) in [6, 6.07) is 0. The first-order chi connectivity index (χ1) is 10.8. The Morgan fingerprint density at radius 3 is 2.00 bits per heavy atom. The third-order valence-electron chi connectivity index (χ3n) is 4.46. The number of hydrogen-bond donors (Lipinski definition) is 8. The second kappa shape index (κ2) is 7.66. The van der Waals surface area contributed by atoms with Crippen molar-refractivity contribution in [2.75, 3.05) is 13.2 Å². The zero-order valence-corrected chi connectivity index (χ0v) is 12.3. The van der Waals surface area contributed by atoms with Gasteiger partial charge in [0.05, 0.1) is 18.8 Å². The molecule has 1 saturated carbocycles. The maximum absolute atomic E-state index is 10.0. The van der Waals surface area contributed by atoms with Gasteiger partial charge in [-0.15, -0.1) is 0 Å². The molecule has 0 bridgehead atoms. The number of aliphatic hydroxyl groups is 8. The smallest absolute Gasteiger partial charge is 0.187 e. The van der Waals surface area contributed by atoms with Crippen LogP contribution in [0.2, 0.25) is 0 Å². The third kappa shape index (κ3) is 3.66. The lowest BCUT2D eigenvalue weighted by Crippen LogP contribution is -2.62. The second-order valence-corrected chi connectivity index (χ2v) is 6.02. The first-order valence-electron chi connectivity index (χ1n) is 7.42. The fraction of sp³-hybridized carbons (Fsp3) is 1.00. The van der Waals surface area contributed by atoms with Crippen LogP contribution in [0.1, 0.15) is 6.42 Å². The molecule has 2 fully saturated rings. The molecule has 10 nitrogen and oxygen atoms in total. The summed E-state index contributed by atoms with van der Waals surface area (Å²) in [5.41, 5.74) is 0. The maximum atomic E-state index is 10.0. The zero-order chi connectivity index (χ0) is 17.3. The van der Waals surface area contributed by atoms with Gasteiger partial charge in [0.25, 0.3) is 0 Å². The molecule has 2 rings (SSSR count). The van der Waals surface area contributed by atoms with Gasteiger partial charge < -0.3 is 50.3 Å². The van der Waals surface area contributed by atoms with E-state index >= 15 is 0 Å². The molecule has 1 aliphatic heterocycles. The van der Waals surface area contributed by atoms with Crippen LogP contribution in [-0.2, 0) is 9.47 Å². The first-order valence-corrected chi connectivity index (χ1v) is 7.42. The summed E-state index contributed by atoms with van der Waals surface area (Å²) in [7, 11) is 0. The fourth-order valence-electron chi connectivity index (χ4n) is 2.99. The van der Waals surface area contributed by atoms with Crippen LogP contribution in [0.15, 0.2) is 0 Å². The lowest BCUT2D eigenvalue weighted by atomic mass is 9.81. The van der Waals surface area contributed by atoms with Gasteiger partial charge in [0, 0.05) is 12.5 Å². The Hall–Kier alpha value is -0.400. The van der Waals surface area contributed by atoms with Crippen molar-refractivity contribution in [3.8, 4) is 0 Å². The third-order valence-corrected chi connectivity index (χ3v) is 4.46. The van der Waals surface area contributed by atoms with Gasteiger partial charge in [0.1, 0.15) is 36.6 Å². The highest BCUT2D eigenvalue weighted by Gasteiger charge is 2.49. The van der Waals surface area contributed by atoms with Crippen LogP contribution >= 0.6 is 0 Å². The molecule has 0 aromatic carbocycles. The normalized spacial score (nSPS) is 51.7. The highest BCUT2D eigenvalue weighted by Crippen LogP contribution is 2.31. The van der Waals surface area contributed by atoms with Gasteiger partial charge in [0.2, 0.25) is 0 Å². The van der Waals surface area contributed by atoms with Crippen molar-refractivity contribution in [1.82, 2.24) is 0 Å². The van der Waals surface area contributed by atoms with Gasteiger partial charge in [-0.25, -0.2) is 0 Å². The Kier molecular flexibility index (Phi) is 6.30. The van der Waals surface area contributed by atoms with Crippen LogP contribution in [0.5, 0.6) is 0 Å². The summed E-state index contributed by atoms with van der Waals surface area (Å²) in [4.78, 5) is 0. The fourth-order valence-corrected chi connectivity index (χ4v) is 2.99. The lowest BCUT2D eigenvalue weighted by molar-refractivity contribution is -0.330. The van der Waals surface area contributed by atoms with Crippen LogP contribution in [0.25, 0.3) is 0 Å². The molecule has 2 aliphatic rings. The predicted octanol–water partition coefficient (Wildman–Crippen LogP) is -4.73. The van der Waals surface area contributed by atoms with Gasteiger partial charge in [-0.2, -0.15) is 0 Å². The van der Waals surface area contributed by atoms with Gasteiger partial charge in [-0.1, -0.05) is 0 Å². The van der Waals surface area contributed by atoms with E-state index in [1.165, 1.54) is 0 Å². The topological polar surface area (TPSA) is 180 Å². The average Bonchev–Trinajstić information content (AvgIpc) is 2.55. The minimum absolute atomic E-state index is 0.0448. The molecular weight excluding hydrogens is 316 g/mol. The molecule has 0 radical (unpaired) electrons. The standard InChI is InChI=1S/C13H24O10/c14-2-4-1-5(16)7(17)10(20)12(4)23-13-11(21)9(19)8(18)6(3-15)22-13/h4-21H,1-3H2. The molecule has 0 spiro atoms. The van der Waals surface area contributed by atoms with Crippen LogP contribution in [0.3, 0.4) is 0 Å². The number of hydrogen-bond acceptors (Lipinski definition) is 10. The van der Waals surface area contributed by atoms with Crippen molar-refractivity contribution in [3.05, 3.63) is 0 Å². The van der Waals surface area contributed by atoms with E-state index in [1.807, 2.05) is 0 Å². The molecule has 23 heavy (non-hydrogen) atoms. The monoisotopic (exact) mass is 340 g/mol. The SMILES string of the molecule is OCC1CC(O)C(O)C(O)C1OC1OC(CO)C(O)C(O)C1O. The summed E-state index contributed by atoms with van der Waals surface area (Å²) in [5.74, 6) is -0.740. The van der Waals surface area contributed by atoms with E-state index < -0.39 is 74.3 Å². The summed E-state index contributed by atoms with van der Waals surface area (Å²) in [5, 5.41) is 77.2. The summed E-state index contributed by atoms with van der Waals surface area (Å²) in [6.45, 7) is -1.09. The Balaban J connectivity index is 2.11. The first kappa shape index (κ1) is 18.9. The average molecular weight is 340 g/mol. The van der Waals surface area contributed by atoms with Gasteiger partial charge in [-0.05, 0) is 6.42 Å². The van der Waals surface area contributed by atoms with Crippen molar-refractivity contribution < 1.29 is 50.3 Å². The highest BCUT2D eigenvalue weighted by atomic mass is 16.7. The van der Waals surface area contributed by atoms with E-state index in [-0.39, 0.29) is 6.42 Å². The van der Waals surface area contributed by atoms with Crippen molar-refractivity contribution in [2.24, 2.45) is 5.92 Å². The predicted molar refractivity (Wildman–Crippen MR) is 71.9 cm³/mol. The number of ether oxygens (including phenoxy) is 2. The molecule has 0 amide bonds. The molecule has 10 heteroatoms. The minimum Gasteiger partial charge on any atom is -0.396 e. The number of aliphatic hydroxyl groups excluding tert-OH is 8. The molecule has 0 aromatic heterocycles. The number of rotatable bonds is 4. The molecule has 1 heterocycles. The van der Waals surface area contributed by atoms with Crippen LogP contribution < -0.4 is 0 Å². The van der Waals surface area contributed by atoms with Crippen LogP contribution in [0.4, 0.5) is 0 Å². The Morgan fingerprint density at radius 1 is 0.783 bits per heavy atom. The van der Waals surface area contributed by atoms with E-state index in [1.54, 1.807) is 0 Å². The van der Waals surface area contributed by atoms with E-state index in [2.05, 4.69) is 0 Å². The molecule has 136 valence electrons. The molecule has 1 aliphatic carbocycles. The summed E-state index contributed by atoms with van der Waals surface area (Å²) in [6.07, 6.45) is -13.1. The van der Waals surface area contributed by atoms with Gasteiger partial charge >= 0.3 is 0 Å². The quantitative estimate of drug-likeness (QED) is 0.247. The second-order valence-electron chi connectivity index (χ2n) is 6.02. The lowest BCUT2D eigenvalue weighted by Gasteiger charge is -2.45. The largest absolute Gasteiger partial charge is 0.396 e. The van der Waals surface area contributed by atoms with Crippen molar-refractivity contribution in [2.45, 2.75) is 61.5 Å². The Labute approximate surface area is 132 Å². The molecule has 0 aromatic rings. The Bertz CT molecular complexity index is 378. The molecule has 10 atom stereocenters. The molecule has 8 N–H and O–H groups in total.